The van der Waals surface area contributed by atoms with Gasteiger partial charge in [0.15, 0.2) is 0 Å². The van der Waals surface area contributed by atoms with Crippen molar-refractivity contribution in [2.24, 2.45) is 5.73 Å². The van der Waals surface area contributed by atoms with Gasteiger partial charge >= 0.3 is 5.97 Å². The molecule has 0 amide bonds. The van der Waals surface area contributed by atoms with E-state index in [1.165, 1.54) is 0 Å². The first-order valence-electron chi connectivity index (χ1n) is 4.65. The number of nitrogens with zero attached hydrogens (tertiary/aromatic N) is 2. The number of carbonyl (C=O) groups is 1. The highest BCUT2D eigenvalue weighted by Crippen LogP contribution is 2.26. The molecule has 0 saturated heterocycles. The number of hydrogen-bond donors (Lipinski definition) is 3. The molecular weight excluding hydrogens is 228 g/mol. The third-order valence-corrected chi connectivity index (χ3v) is 3.12. The lowest BCUT2D eigenvalue weighted by molar-refractivity contribution is 0.0701. The van der Waals surface area contributed by atoms with E-state index >= 15 is 0 Å². The molecule has 0 aliphatic heterocycles. The number of carboxylic acids is 1. The molecule has 0 aromatic carbocycles. The van der Waals surface area contributed by atoms with Crippen LogP contribution in [0.1, 0.15) is 15.4 Å². The van der Waals surface area contributed by atoms with Gasteiger partial charge < -0.3 is 10.8 Å². The van der Waals surface area contributed by atoms with Gasteiger partial charge in [-0.1, -0.05) is 0 Å². The fourth-order valence-corrected chi connectivity index (χ4v) is 2.24. The second-order valence-corrected chi connectivity index (χ2v) is 4.11. The quantitative estimate of drug-likeness (QED) is 0.728. The lowest BCUT2D eigenvalue weighted by Gasteiger charge is -1.93. The third-order valence-electron chi connectivity index (χ3n) is 2.00. The van der Waals surface area contributed by atoms with Gasteiger partial charge in [0, 0.05) is 12.6 Å². The lowest BCUT2D eigenvalue weighted by Crippen LogP contribution is -2.07. The minimum atomic E-state index is -0.966. The summed E-state index contributed by atoms with van der Waals surface area (Å²) in [5.41, 5.74) is 6.66. The summed E-state index contributed by atoms with van der Waals surface area (Å²) < 4.78 is 0. The molecule has 0 spiro atoms. The van der Waals surface area contributed by atoms with Gasteiger partial charge in [0.05, 0.1) is 11.4 Å². The summed E-state index contributed by atoms with van der Waals surface area (Å²) in [5, 5.41) is 16.2. The molecule has 0 atom stereocenters. The van der Waals surface area contributed by atoms with E-state index in [-0.39, 0.29) is 4.88 Å². The zero-order chi connectivity index (χ0) is 11.5. The first-order valence-corrected chi connectivity index (χ1v) is 5.47. The van der Waals surface area contributed by atoms with Crippen LogP contribution in [0.25, 0.3) is 10.7 Å². The topological polar surface area (TPSA) is 105 Å². The summed E-state index contributed by atoms with van der Waals surface area (Å²) >= 11 is 1.13. The van der Waals surface area contributed by atoms with Crippen LogP contribution in [-0.4, -0.2) is 32.8 Å². The molecule has 0 aliphatic carbocycles. The summed E-state index contributed by atoms with van der Waals surface area (Å²) in [6.45, 7) is 0.381. The van der Waals surface area contributed by atoms with Gasteiger partial charge in [-0.15, -0.1) is 11.3 Å². The molecule has 2 rings (SSSR count). The Kier molecular flexibility index (Phi) is 2.97. The highest BCUT2D eigenvalue weighted by Gasteiger charge is 2.17. The predicted octanol–water partition coefficient (Wildman–Crippen LogP) is 0.733. The highest BCUT2D eigenvalue weighted by atomic mass is 32.1. The van der Waals surface area contributed by atoms with Crippen molar-refractivity contribution in [3.05, 3.63) is 22.8 Å². The number of aromatic nitrogens is 3. The van der Waals surface area contributed by atoms with E-state index in [0.717, 1.165) is 17.0 Å². The Bertz CT molecular complexity index is 492. The van der Waals surface area contributed by atoms with E-state index in [9.17, 15) is 4.79 Å². The van der Waals surface area contributed by atoms with Crippen molar-refractivity contribution in [2.45, 2.75) is 6.42 Å². The van der Waals surface area contributed by atoms with Crippen molar-refractivity contribution in [3.8, 4) is 10.7 Å². The molecular formula is C9H10N4O2S. The van der Waals surface area contributed by atoms with Crippen LogP contribution in [0.3, 0.4) is 0 Å². The number of rotatable bonds is 4. The molecule has 4 N–H and O–H groups in total. The molecule has 2 heterocycles. The van der Waals surface area contributed by atoms with Gasteiger partial charge in [0.25, 0.3) is 0 Å². The number of H-pyrrole nitrogens is 1. The van der Waals surface area contributed by atoms with Crippen LogP contribution in [0.5, 0.6) is 0 Å². The molecule has 2 aromatic rings. The average Bonchev–Trinajstić information content (AvgIpc) is 2.83. The van der Waals surface area contributed by atoms with Crippen molar-refractivity contribution >= 4 is 17.3 Å². The average molecular weight is 238 g/mol. The lowest BCUT2D eigenvalue weighted by atomic mass is 10.3. The van der Waals surface area contributed by atoms with Crippen molar-refractivity contribution in [3.63, 3.8) is 0 Å². The smallest absolute Gasteiger partial charge is 0.347 e. The summed E-state index contributed by atoms with van der Waals surface area (Å²) in [6.07, 6.45) is 2.06. The maximum absolute atomic E-state index is 11.0. The number of thiazole rings is 1. The molecule has 0 aliphatic rings. The van der Waals surface area contributed by atoms with Crippen molar-refractivity contribution in [1.29, 1.82) is 0 Å². The maximum Gasteiger partial charge on any atom is 0.347 e. The second-order valence-electron chi connectivity index (χ2n) is 3.11. The number of nitrogens with two attached hydrogens (primary N) is 1. The van der Waals surface area contributed by atoms with Crippen LogP contribution in [-0.2, 0) is 6.42 Å². The largest absolute Gasteiger partial charge is 0.477 e. The minimum absolute atomic E-state index is 0.245. The Morgan fingerprint density at radius 2 is 2.44 bits per heavy atom. The molecule has 0 saturated carbocycles. The van der Waals surface area contributed by atoms with Crippen LogP contribution in [0.2, 0.25) is 0 Å². The van der Waals surface area contributed by atoms with E-state index < -0.39 is 5.97 Å². The summed E-state index contributed by atoms with van der Waals surface area (Å²) in [6, 6.07) is 1.75. The van der Waals surface area contributed by atoms with Crippen LogP contribution in [0.15, 0.2) is 12.3 Å². The first-order chi connectivity index (χ1) is 7.72. The molecule has 0 bridgehead atoms. The molecule has 0 fully saturated rings. The van der Waals surface area contributed by atoms with E-state index in [0.29, 0.717) is 23.7 Å². The van der Waals surface area contributed by atoms with Crippen molar-refractivity contribution in [2.75, 3.05) is 6.54 Å². The Morgan fingerprint density at radius 3 is 3.00 bits per heavy atom. The molecule has 2 aromatic heterocycles. The fraction of sp³-hybridized carbons (Fsp3) is 0.222. The van der Waals surface area contributed by atoms with Gasteiger partial charge in [0.1, 0.15) is 9.88 Å². The van der Waals surface area contributed by atoms with E-state index in [4.69, 9.17) is 10.8 Å². The summed E-state index contributed by atoms with van der Waals surface area (Å²) in [4.78, 5) is 15.5. The SMILES string of the molecule is NCCc1nc(-c2ccn[nH]2)sc1C(=O)O. The van der Waals surface area contributed by atoms with Crippen LogP contribution >= 0.6 is 11.3 Å². The Morgan fingerprint density at radius 1 is 1.62 bits per heavy atom. The fourth-order valence-electron chi connectivity index (χ4n) is 1.32. The maximum atomic E-state index is 11.0. The Labute approximate surface area is 95.1 Å². The molecule has 6 nitrogen and oxygen atoms in total. The zero-order valence-corrected chi connectivity index (χ0v) is 9.12. The molecule has 7 heteroatoms. The van der Waals surface area contributed by atoms with Gasteiger partial charge in [0.2, 0.25) is 0 Å². The zero-order valence-electron chi connectivity index (χ0n) is 8.30. The number of carboxylic acid groups (broad SMARTS) is 1. The number of aromatic carboxylic acids is 1. The van der Waals surface area contributed by atoms with Crippen LogP contribution in [0, 0.1) is 0 Å². The predicted molar refractivity (Wildman–Crippen MR) is 59.4 cm³/mol. The molecule has 0 unspecified atom stereocenters. The van der Waals surface area contributed by atoms with Gasteiger partial charge in [-0.25, -0.2) is 9.78 Å². The van der Waals surface area contributed by atoms with E-state index in [1.807, 2.05) is 0 Å². The highest BCUT2D eigenvalue weighted by molar-refractivity contribution is 7.17. The standard InChI is InChI=1S/C9H10N4O2S/c10-3-1-5-7(9(14)15)16-8(12-5)6-2-4-11-13-6/h2,4H,1,3,10H2,(H,11,13)(H,14,15). The Balaban J connectivity index is 2.42. The normalized spacial score (nSPS) is 10.6. The number of hydrogen-bond acceptors (Lipinski definition) is 5. The molecule has 84 valence electrons. The number of aromatic amines is 1. The molecule has 0 radical (unpaired) electrons. The van der Waals surface area contributed by atoms with Crippen LogP contribution < -0.4 is 5.73 Å². The van der Waals surface area contributed by atoms with Gasteiger partial charge in [-0.3, -0.25) is 5.10 Å². The second kappa shape index (κ2) is 4.42. The first kappa shape index (κ1) is 10.8. The Hall–Kier alpha value is -1.73. The van der Waals surface area contributed by atoms with Crippen LogP contribution in [0.4, 0.5) is 0 Å². The van der Waals surface area contributed by atoms with Crippen molar-refractivity contribution in [1.82, 2.24) is 15.2 Å². The number of nitrogens with one attached hydrogen (secondary N) is 1. The van der Waals surface area contributed by atoms with Gasteiger partial charge in [-0.2, -0.15) is 5.10 Å². The van der Waals surface area contributed by atoms with Crippen molar-refractivity contribution < 1.29 is 9.90 Å². The third kappa shape index (κ3) is 1.95. The van der Waals surface area contributed by atoms with E-state index in [1.54, 1.807) is 12.3 Å². The summed E-state index contributed by atoms with van der Waals surface area (Å²) in [7, 11) is 0. The van der Waals surface area contributed by atoms with E-state index in [2.05, 4.69) is 15.2 Å². The monoisotopic (exact) mass is 238 g/mol. The minimum Gasteiger partial charge on any atom is -0.477 e. The van der Waals surface area contributed by atoms with Gasteiger partial charge in [-0.05, 0) is 12.6 Å². The summed E-state index contributed by atoms with van der Waals surface area (Å²) in [5.74, 6) is -0.966. The molecule has 16 heavy (non-hydrogen) atoms.